The van der Waals surface area contributed by atoms with Crippen molar-refractivity contribution in [3.8, 4) is 0 Å². The first-order valence-corrected chi connectivity index (χ1v) is 10.3. The molecule has 0 spiro atoms. The number of pyridine rings is 1. The lowest BCUT2D eigenvalue weighted by atomic mass is 9.85. The monoisotopic (exact) mass is 452 g/mol. The van der Waals surface area contributed by atoms with Crippen LogP contribution in [-0.2, 0) is 6.54 Å². The molecule has 31 heavy (non-hydrogen) atoms. The van der Waals surface area contributed by atoms with Crippen molar-refractivity contribution in [2.45, 2.75) is 44.7 Å². The molecule has 1 fully saturated rings. The average molecular weight is 453 g/mol. The van der Waals surface area contributed by atoms with Crippen LogP contribution in [-0.4, -0.2) is 26.5 Å². The van der Waals surface area contributed by atoms with Gasteiger partial charge in [-0.15, -0.1) is 0 Å². The number of carbonyl (C=O) groups is 1. The Morgan fingerprint density at radius 3 is 2.71 bits per heavy atom. The summed E-state index contributed by atoms with van der Waals surface area (Å²) < 4.78 is 41.4. The number of benzene rings is 1. The summed E-state index contributed by atoms with van der Waals surface area (Å²) in [6.07, 6.45) is 0.945. The number of nitrogens with one attached hydrogen (secondary N) is 2. The Labute approximate surface area is 180 Å². The molecule has 2 aromatic heterocycles. The van der Waals surface area contributed by atoms with Gasteiger partial charge in [-0.2, -0.15) is 0 Å². The van der Waals surface area contributed by atoms with Crippen LogP contribution in [0.5, 0.6) is 0 Å². The molecule has 0 saturated heterocycles. The Morgan fingerprint density at radius 2 is 2.00 bits per heavy atom. The highest BCUT2D eigenvalue weighted by molar-refractivity contribution is 6.30. The number of nitrogens with zero attached hydrogens (tertiary/aromatic N) is 2. The number of imidazole rings is 1. The maximum atomic E-state index is 13.6. The van der Waals surface area contributed by atoms with Crippen LogP contribution in [0.25, 0.3) is 11.0 Å². The fraction of sp³-hybridized carbons (Fsp3) is 0.381. The minimum atomic E-state index is -2.88. The first-order valence-electron chi connectivity index (χ1n) is 9.94. The highest BCUT2D eigenvalue weighted by atomic mass is 35.5. The van der Waals surface area contributed by atoms with Crippen LogP contribution in [0.4, 0.5) is 13.2 Å². The minimum absolute atomic E-state index is 0.110. The van der Waals surface area contributed by atoms with Crippen molar-refractivity contribution in [1.82, 2.24) is 19.9 Å². The summed E-state index contributed by atoms with van der Waals surface area (Å²) in [6, 6.07) is 5.18. The predicted molar refractivity (Wildman–Crippen MR) is 110 cm³/mol. The standard InChI is InChI=1S/C21H20ClF3N4O2/c22-12-7-15(18(19(24)25)26-9-12)20(30)27-14-4-1-11(2-5-14)10-29-17-8-13(23)3-6-16(17)28-21(29)31/h3,6-9,11,14,19H,1-2,4-5,10H2,(H,27,30)(H,28,31). The van der Waals surface area contributed by atoms with E-state index in [0.717, 1.165) is 19.0 Å². The second kappa shape index (κ2) is 8.74. The Kier molecular flexibility index (Phi) is 6.04. The normalized spacial score (nSPS) is 19.1. The zero-order valence-electron chi connectivity index (χ0n) is 16.4. The summed E-state index contributed by atoms with van der Waals surface area (Å²) in [6.45, 7) is 0.441. The number of H-pyrrole nitrogens is 1. The van der Waals surface area contributed by atoms with Crippen LogP contribution in [0.3, 0.4) is 0 Å². The van der Waals surface area contributed by atoms with Crippen LogP contribution < -0.4 is 11.0 Å². The summed E-state index contributed by atoms with van der Waals surface area (Å²) >= 11 is 5.82. The molecule has 4 rings (SSSR count). The van der Waals surface area contributed by atoms with E-state index in [4.69, 9.17) is 11.6 Å². The van der Waals surface area contributed by atoms with Gasteiger partial charge in [0.1, 0.15) is 11.5 Å². The van der Waals surface area contributed by atoms with E-state index in [1.165, 1.54) is 28.8 Å². The number of fused-ring (bicyclic) bond motifs is 1. The molecule has 6 nitrogen and oxygen atoms in total. The van der Waals surface area contributed by atoms with Crippen LogP contribution >= 0.6 is 11.6 Å². The number of aromatic amines is 1. The summed E-state index contributed by atoms with van der Waals surface area (Å²) in [4.78, 5) is 31.1. The molecule has 164 valence electrons. The molecule has 10 heteroatoms. The highest BCUT2D eigenvalue weighted by Crippen LogP contribution is 2.28. The number of alkyl halides is 2. The number of amides is 1. The second-order valence-corrected chi connectivity index (χ2v) is 8.22. The number of carbonyl (C=O) groups excluding carboxylic acids is 1. The molecule has 2 heterocycles. The minimum Gasteiger partial charge on any atom is -0.349 e. The summed E-state index contributed by atoms with van der Waals surface area (Å²) in [5.41, 5.74) is -0.00624. The molecule has 1 aliphatic rings. The fourth-order valence-electron chi connectivity index (χ4n) is 4.12. The van der Waals surface area contributed by atoms with Gasteiger partial charge < -0.3 is 10.3 Å². The Morgan fingerprint density at radius 1 is 1.26 bits per heavy atom. The molecule has 0 bridgehead atoms. The topological polar surface area (TPSA) is 79.8 Å². The maximum absolute atomic E-state index is 13.6. The van der Waals surface area contributed by atoms with Gasteiger partial charge in [0.05, 0.1) is 21.6 Å². The summed E-state index contributed by atoms with van der Waals surface area (Å²) in [5.74, 6) is -0.861. The SMILES string of the molecule is O=C(NC1CCC(Cn2c(=O)[nH]c3ccc(F)cc32)CC1)c1cc(Cl)cnc1C(F)F. The van der Waals surface area contributed by atoms with Gasteiger partial charge in [-0.05, 0) is 55.9 Å². The molecule has 0 atom stereocenters. The molecule has 1 saturated carbocycles. The van der Waals surface area contributed by atoms with Gasteiger partial charge in [0.2, 0.25) is 0 Å². The van der Waals surface area contributed by atoms with Crippen LogP contribution in [0.2, 0.25) is 5.02 Å². The van der Waals surface area contributed by atoms with E-state index >= 15 is 0 Å². The molecule has 0 radical (unpaired) electrons. The third-order valence-electron chi connectivity index (χ3n) is 5.70. The number of aromatic nitrogens is 3. The number of hydrogen-bond acceptors (Lipinski definition) is 3. The van der Waals surface area contributed by atoms with Gasteiger partial charge in [-0.3, -0.25) is 14.3 Å². The zero-order chi connectivity index (χ0) is 22.1. The van der Waals surface area contributed by atoms with E-state index in [1.807, 2.05) is 0 Å². The molecule has 0 aliphatic heterocycles. The van der Waals surface area contributed by atoms with Crippen LogP contribution in [0.1, 0.15) is 48.2 Å². The molecule has 2 N–H and O–H groups in total. The molecule has 0 unspecified atom stereocenters. The maximum Gasteiger partial charge on any atom is 0.326 e. The van der Waals surface area contributed by atoms with Gasteiger partial charge in [-0.1, -0.05) is 11.6 Å². The smallest absolute Gasteiger partial charge is 0.326 e. The second-order valence-electron chi connectivity index (χ2n) is 7.78. The lowest BCUT2D eigenvalue weighted by Gasteiger charge is -2.29. The predicted octanol–water partition coefficient (Wildman–Crippen LogP) is 4.44. The number of halogens is 4. The van der Waals surface area contributed by atoms with Gasteiger partial charge in [0.25, 0.3) is 12.3 Å². The van der Waals surface area contributed by atoms with Gasteiger partial charge >= 0.3 is 5.69 Å². The first-order chi connectivity index (χ1) is 14.8. The Balaban J connectivity index is 1.39. The Hall–Kier alpha value is -2.81. The lowest BCUT2D eigenvalue weighted by molar-refractivity contribution is 0.0904. The quantitative estimate of drug-likeness (QED) is 0.600. The van der Waals surface area contributed by atoms with E-state index in [9.17, 15) is 22.8 Å². The highest BCUT2D eigenvalue weighted by Gasteiger charge is 2.26. The van der Waals surface area contributed by atoms with E-state index in [1.54, 1.807) is 0 Å². The summed E-state index contributed by atoms with van der Waals surface area (Å²) in [5, 5.41) is 2.90. The summed E-state index contributed by atoms with van der Waals surface area (Å²) in [7, 11) is 0. The van der Waals surface area contributed by atoms with E-state index in [-0.39, 0.29) is 28.2 Å². The molecular formula is C21H20ClF3N4O2. The van der Waals surface area contributed by atoms with Crippen LogP contribution in [0, 0.1) is 11.7 Å². The Bertz CT molecular complexity index is 1170. The molecule has 1 aromatic carbocycles. The van der Waals surface area contributed by atoms with Gasteiger partial charge in [0.15, 0.2) is 0 Å². The van der Waals surface area contributed by atoms with Crippen molar-refractivity contribution in [3.63, 3.8) is 0 Å². The van der Waals surface area contributed by atoms with E-state index < -0.39 is 23.8 Å². The van der Waals surface area contributed by atoms with E-state index in [0.29, 0.717) is 30.4 Å². The van der Waals surface area contributed by atoms with Crippen molar-refractivity contribution in [2.75, 3.05) is 0 Å². The number of hydrogen-bond donors (Lipinski definition) is 2. The van der Waals surface area contributed by atoms with Crippen molar-refractivity contribution < 1.29 is 18.0 Å². The van der Waals surface area contributed by atoms with Crippen molar-refractivity contribution in [3.05, 3.63) is 63.0 Å². The van der Waals surface area contributed by atoms with Crippen molar-refractivity contribution in [1.29, 1.82) is 0 Å². The molecule has 1 aliphatic carbocycles. The van der Waals surface area contributed by atoms with Gasteiger partial charge in [-0.25, -0.2) is 18.0 Å². The fourth-order valence-corrected chi connectivity index (χ4v) is 4.28. The third-order valence-corrected chi connectivity index (χ3v) is 5.90. The van der Waals surface area contributed by atoms with Crippen molar-refractivity contribution >= 4 is 28.5 Å². The molecule has 3 aromatic rings. The third kappa shape index (κ3) is 4.61. The van der Waals surface area contributed by atoms with E-state index in [2.05, 4.69) is 15.3 Å². The lowest BCUT2D eigenvalue weighted by Crippen LogP contribution is -2.39. The molecule has 1 amide bonds. The van der Waals surface area contributed by atoms with Gasteiger partial charge in [0, 0.05) is 18.8 Å². The zero-order valence-corrected chi connectivity index (χ0v) is 17.1. The molecular weight excluding hydrogens is 433 g/mol. The van der Waals surface area contributed by atoms with Crippen molar-refractivity contribution in [2.24, 2.45) is 5.92 Å². The average Bonchev–Trinajstić information content (AvgIpc) is 3.03. The largest absolute Gasteiger partial charge is 0.349 e. The number of rotatable bonds is 5. The first kappa shape index (κ1) is 21.4. The van der Waals surface area contributed by atoms with Crippen LogP contribution in [0.15, 0.2) is 35.3 Å².